The van der Waals surface area contributed by atoms with E-state index in [1.807, 2.05) is 0 Å². The number of hydrogen-bond acceptors (Lipinski definition) is 8. The first-order valence-corrected chi connectivity index (χ1v) is 12.1. The fourth-order valence-corrected chi connectivity index (χ4v) is 3.33. The van der Waals surface area contributed by atoms with E-state index in [0.29, 0.717) is 5.56 Å². The second-order valence-corrected chi connectivity index (χ2v) is 8.90. The van der Waals surface area contributed by atoms with E-state index in [9.17, 15) is 29.1 Å². The molecule has 1 unspecified atom stereocenters. The van der Waals surface area contributed by atoms with Crippen LogP contribution in [0.3, 0.4) is 0 Å². The van der Waals surface area contributed by atoms with Crippen LogP contribution in [0.15, 0.2) is 67.1 Å². The number of benzene rings is 1. The largest absolute Gasteiger partial charge is 0.480 e. The maximum absolute atomic E-state index is 13.3. The van der Waals surface area contributed by atoms with Crippen LogP contribution in [0, 0.1) is 5.92 Å². The Morgan fingerprint density at radius 1 is 0.949 bits per heavy atom. The molecule has 0 fully saturated rings. The number of nitrogens with one attached hydrogen (secondary N) is 3. The van der Waals surface area contributed by atoms with Gasteiger partial charge in [0.1, 0.15) is 18.7 Å². The monoisotopic (exact) mass is 540 g/mol. The minimum absolute atomic E-state index is 0.0740. The van der Waals surface area contributed by atoms with E-state index in [1.165, 1.54) is 19.2 Å². The van der Waals surface area contributed by atoms with Gasteiger partial charge in [0.25, 0.3) is 0 Å². The van der Waals surface area contributed by atoms with Gasteiger partial charge in [-0.2, -0.15) is 0 Å². The van der Waals surface area contributed by atoms with Crippen molar-refractivity contribution in [3.8, 4) is 0 Å². The van der Waals surface area contributed by atoms with Crippen LogP contribution in [0.2, 0.25) is 0 Å². The van der Waals surface area contributed by atoms with Gasteiger partial charge in [-0.3, -0.25) is 19.4 Å². The highest BCUT2D eigenvalue weighted by Gasteiger charge is 2.33. The molecule has 0 bridgehead atoms. The lowest BCUT2D eigenvalue weighted by atomic mass is 10.0. The van der Waals surface area contributed by atoms with Crippen molar-refractivity contribution in [2.45, 2.75) is 51.9 Å². The summed E-state index contributed by atoms with van der Waals surface area (Å²) in [6.45, 7) is 8.04. The molecule has 12 heteroatoms. The van der Waals surface area contributed by atoms with Gasteiger partial charge in [0.05, 0.1) is 17.9 Å². The van der Waals surface area contributed by atoms with Gasteiger partial charge < -0.3 is 30.5 Å². The fourth-order valence-electron chi connectivity index (χ4n) is 3.33. The van der Waals surface area contributed by atoms with Gasteiger partial charge in [0, 0.05) is 6.20 Å². The number of amides is 3. The minimum atomic E-state index is -1.51. The van der Waals surface area contributed by atoms with Gasteiger partial charge in [-0.1, -0.05) is 56.8 Å². The maximum atomic E-state index is 13.3. The molecular formula is C27H32N4O8. The molecule has 1 aromatic heterocycles. The molecule has 1 heterocycles. The lowest BCUT2D eigenvalue weighted by molar-refractivity contribution is -0.144. The quantitative estimate of drug-likeness (QED) is 0.219. The van der Waals surface area contributed by atoms with Crippen LogP contribution >= 0.6 is 0 Å². The van der Waals surface area contributed by atoms with E-state index in [-0.39, 0.29) is 18.1 Å². The number of hydrogen-bond donors (Lipinski definition) is 4. The Bertz CT molecular complexity index is 1170. The summed E-state index contributed by atoms with van der Waals surface area (Å²) in [5.74, 6) is -4.30. The van der Waals surface area contributed by atoms with Gasteiger partial charge in [-0.25, -0.2) is 9.59 Å². The van der Waals surface area contributed by atoms with Crippen LogP contribution in [0.1, 0.15) is 44.5 Å². The smallest absolute Gasteiger partial charge is 0.408 e. The molecule has 3 atom stereocenters. The fraction of sp³-hybridized carbons (Fsp3) is 0.333. The summed E-state index contributed by atoms with van der Waals surface area (Å²) in [5.41, 5.74) is 0.798. The highest BCUT2D eigenvalue weighted by atomic mass is 16.5. The predicted octanol–water partition coefficient (Wildman–Crippen LogP) is 2.23. The van der Waals surface area contributed by atoms with Crippen molar-refractivity contribution in [2.75, 3.05) is 0 Å². The number of nitrogens with zero attached hydrogens (tertiary/aromatic N) is 1. The number of carbonyl (C=O) groups is 5. The Morgan fingerprint density at radius 3 is 2.18 bits per heavy atom. The number of esters is 1. The Balaban J connectivity index is 2.25. The summed E-state index contributed by atoms with van der Waals surface area (Å²) < 4.78 is 10.1. The molecule has 4 N–H and O–H groups in total. The molecule has 0 saturated heterocycles. The van der Waals surface area contributed by atoms with Crippen molar-refractivity contribution >= 4 is 29.8 Å². The molecule has 0 aliphatic heterocycles. The molecule has 3 amide bonds. The number of rotatable bonds is 13. The summed E-state index contributed by atoms with van der Waals surface area (Å²) in [5, 5.41) is 16.6. The maximum Gasteiger partial charge on any atom is 0.408 e. The molecule has 0 spiro atoms. The number of carbonyl (C=O) groups excluding carboxylic acids is 4. The number of aromatic nitrogens is 1. The van der Waals surface area contributed by atoms with E-state index < -0.39 is 60.3 Å². The highest BCUT2D eigenvalue weighted by molar-refractivity contribution is 5.95. The van der Waals surface area contributed by atoms with Crippen molar-refractivity contribution < 1.29 is 38.6 Å². The SMILES string of the molecule is C=C(C)OC(=O)C[C@H](NC(=O)OCc1ccccc1)C(=O)NC(C(=O)N[C@H](C(=O)O)C(C)C)c1ccccn1. The number of aliphatic carboxylic acids is 1. The molecule has 1 aromatic carbocycles. The number of ether oxygens (including phenoxy) is 2. The van der Waals surface area contributed by atoms with E-state index in [1.54, 1.807) is 56.3 Å². The van der Waals surface area contributed by atoms with Gasteiger partial charge >= 0.3 is 18.0 Å². The zero-order valence-electron chi connectivity index (χ0n) is 21.9. The van der Waals surface area contributed by atoms with Crippen molar-refractivity contribution in [3.05, 3.63) is 78.3 Å². The summed E-state index contributed by atoms with van der Waals surface area (Å²) in [7, 11) is 0. The molecule has 12 nitrogen and oxygen atoms in total. The van der Waals surface area contributed by atoms with Gasteiger partial charge in [0.15, 0.2) is 6.04 Å². The predicted molar refractivity (Wildman–Crippen MR) is 139 cm³/mol. The average molecular weight is 541 g/mol. The van der Waals surface area contributed by atoms with Gasteiger partial charge in [-0.15, -0.1) is 0 Å². The van der Waals surface area contributed by atoms with Crippen LogP contribution < -0.4 is 16.0 Å². The van der Waals surface area contributed by atoms with Crippen molar-refractivity contribution in [3.63, 3.8) is 0 Å². The summed E-state index contributed by atoms with van der Waals surface area (Å²) in [4.78, 5) is 66.9. The first kappa shape index (κ1) is 30.5. The summed E-state index contributed by atoms with van der Waals surface area (Å²) in [6.07, 6.45) is -0.217. The molecule has 208 valence electrons. The van der Waals surface area contributed by atoms with Crippen LogP contribution in [-0.2, 0) is 35.3 Å². The molecule has 0 radical (unpaired) electrons. The lowest BCUT2D eigenvalue weighted by Gasteiger charge is -2.25. The number of allylic oxidation sites excluding steroid dienone is 1. The Kier molecular flexibility index (Phi) is 11.6. The summed E-state index contributed by atoms with van der Waals surface area (Å²) in [6, 6.07) is 9.22. The van der Waals surface area contributed by atoms with E-state index >= 15 is 0 Å². The topological polar surface area (TPSA) is 173 Å². The molecular weight excluding hydrogens is 508 g/mol. The third kappa shape index (κ3) is 10.3. The standard InChI is InChI=1S/C27H32N4O8/c1-16(2)22(26(35)36)30-25(34)23(19-12-8-9-13-28-19)31-24(33)20(14-21(32)39-17(3)4)29-27(37)38-15-18-10-6-5-7-11-18/h5-13,16,20,22-23H,3,14-15H2,1-2,4H3,(H,29,37)(H,30,34)(H,31,33)(H,35,36)/t20-,22-,23?/m0/s1. The second-order valence-electron chi connectivity index (χ2n) is 8.90. The molecule has 0 aliphatic carbocycles. The van der Waals surface area contributed by atoms with E-state index in [4.69, 9.17) is 9.47 Å². The normalized spacial score (nSPS) is 12.8. The molecule has 2 rings (SSSR count). The molecule has 39 heavy (non-hydrogen) atoms. The summed E-state index contributed by atoms with van der Waals surface area (Å²) >= 11 is 0. The molecule has 0 aliphatic rings. The zero-order valence-corrected chi connectivity index (χ0v) is 21.9. The number of carboxylic acid groups (broad SMARTS) is 1. The zero-order chi connectivity index (χ0) is 28.9. The number of pyridine rings is 1. The Hall–Kier alpha value is -4.74. The third-order valence-electron chi connectivity index (χ3n) is 5.24. The van der Waals surface area contributed by atoms with Crippen molar-refractivity contribution in [1.82, 2.24) is 20.9 Å². The molecule has 0 saturated carbocycles. The van der Waals surface area contributed by atoms with Crippen LogP contribution in [0.4, 0.5) is 4.79 Å². The van der Waals surface area contributed by atoms with Crippen LogP contribution in [-0.4, -0.2) is 52.0 Å². The van der Waals surface area contributed by atoms with Crippen molar-refractivity contribution in [1.29, 1.82) is 0 Å². The first-order valence-electron chi connectivity index (χ1n) is 12.1. The Labute approximate surface area is 225 Å². The van der Waals surface area contributed by atoms with E-state index in [2.05, 4.69) is 27.5 Å². The van der Waals surface area contributed by atoms with Gasteiger partial charge in [-0.05, 0) is 30.5 Å². The van der Waals surface area contributed by atoms with E-state index in [0.717, 1.165) is 0 Å². The van der Waals surface area contributed by atoms with Crippen molar-refractivity contribution in [2.24, 2.45) is 5.92 Å². The number of carboxylic acids is 1. The number of alkyl carbamates (subject to hydrolysis) is 1. The average Bonchev–Trinajstić information content (AvgIpc) is 2.88. The van der Waals surface area contributed by atoms with Gasteiger partial charge in [0.2, 0.25) is 11.8 Å². The lowest BCUT2D eigenvalue weighted by Crippen LogP contribution is -2.53. The first-order chi connectivity index (χ1) is 18.5. The molecule has 2 aromatic rings. The van der Waals surface area contributed by atoms with Crippen LogP contribution in [0.5, 0.6) is 0 Å². The third-order valence-corrected chi connectivity index (χ3v) is 5.24. The Morgan fingerprint density at radius 2 is 1.62 bits per heavy atom. The second kappa shape index (κ2) is 14.9. The minimum Gasteiger partial charge on any atom is -0.480 e. The van der Waals surface area contributed by atoms with Crippen LogP contribution in [0.25, 0.3) is 0 Å². The highest BCUT2D eigenvalue weighted by Crippen LogP contribution is 2.13.